The average Bonchev–Trinajstić information content (AvgIpc) is 3.06. The van der Waals surface area contributed by atoms with Crippen LogP contribution >= 0.6 is 0 Å². The number of hydrogen-bond acceptors (Lipinski definition) is 3. The Kier molecular flexibility index (Phi) is 4.78. The van der Waals surface area contributed by atoms with Crippen LogP contribution in [0.1, 0.15) is 44.9 Å². The molecule has 2 heterocycles. The van der Waals surface area contributed by atoms with Crippen molar-refractivity contribution in [2.45, 2.75) is 57.0 Å². The largest absolute Gasteiger partial charge is 0.314 e. The normalized spacial score (nSPS) is 40.9. The van der Waals surface area contributed by atoms with Gasteiger partial charge in [-0.2, -0.15) is 0 Å². The van der Waals surface area contributed by atoms with Gasteiger partial charge < -0.3 is 15.5 Å². The second-order valence-corrected chi connectivity index (χ2v) is 7.08. The number of piperidine rings is 1. The summed E-state index contributed by atoms with van der Waals surface area (Å²) in [6.45, 7) is 5.09. The Labute approximate surface area is 118 Å². The minimum Gasteiger partial charge on any atom is -0.314 e. The number of rotatable bonds is 4. The van der Waals surface area contributed by atoms with Crippen LogP contribution in [0.2, 0.25) is 0 Å². The van der Waals surface area contributed by atoms with E-state index in [1.165, 1.54) is 71.1 Å². The minimum atomic E-state index is 0.793. The summed E-state index contributed by atoms with van der Waals surface area (Å²) in [4.78, 5) is 2.47. The van der Waals surface area contributed by atoms with Gasteiger partial charge in [0.2, 0.25) is 0 Å². The zero-order chi connectivity index (χ0) is 13.1. The van der Waals surface area contributed by atoms with Crippen LogP contribution in [0, 0.1) is 11.8 Å². The van der Waals surface area contributed by atoms with E-state index in [9.17, 15) is 0 Å². The molecule has 19 heavy (non-hydrogen) atoms. The molecule has 2 N–H and O–H groups in total. The molecule has 3 heteroatoms. The molecule has 0 bridgehead atoms. The molecule has 110 valence electrons. The topological polar surface area (TPSA) is 27.3 Å². The first-order valence-corrected chi connectivity index (χ1v) is 8.48. The molecule has 2 aliphatic heterocycles. The van der Waals surface area contributed by atoms with Crippen molar-refractivity contribution >= 4 is 0 Å². The second kappa shape index (κ2) is 6.55. The zero-order valence-electron chi connectivity index (χ0n) is 12.5. The summed E-state index contributed by atoms with van der Waals surface area (Å²) < 4.78 is 0. The molecule has 3 nitrogen and oxygen atoms in total. The molecule has 3 aliphatic rings. The van der Waals surface area contributed by atoms with Crippen LogP contribution in [0.25, 0.3) is 0 Å². The standard InChI is InChI=1S/C16H31N3/c1-19-10-8-13(12-19)11-18-16-7-4-5-14(16)15-6-2-3-9-17-15/h13-18H,2-12H2,1H3. The molecule has 0 aromatic carbocycles. The molecule has 3 fully saturated rings. The van der Waals surface area contributed by atoms with E-state index in [1.807, 2.05) is 0 Å². The van der Waals surface area contributed by atoms with Gasteiger partial charge in [-0.05, 0) is 70.6 Å². The first kappa shape index (κ1) is 13.8. The molecule has 0 spiro atoms. The predicted molar refractivity (Wildman–Crippen MR) is 80.4 cm³/mol. The summed E-state index contributed by atoms with van der Waals surface area (Å²) in [6.07, 6.45) is 9.91. The molecule has 0 radical (unpaired) electrons. The van der Waals surface area contributed by atoms with E-state index in [0.717, 1.165) is 23.9 Å². The van der Waals surface area contributed by atoms with E-state index in [0.29, 0.717) is 0 Å². The summed E-state index contributed by atoms with van der Waals surface area (Å²) in [5.41, 5.74) is 0. The lowest BCUT2D eigenvalue weighted by Gasteiger charge is -2.33. The molecular formula is C16H31N3. The third-order valence-electron chi connectivity index (χ3n) is 5.59. The van der Waals surface area contributed by atoms with Gasteiger partial charge in [-0.25, -0.2) is 0 Å². The van der Waals surface area contributed by atoms with Gasteiger partial charge in [0, 0.05) is 18.6 Å². The maximum Gasteiger partial charge on any atom is 0.0110 e. The van der Waals surface area contributed by atoms with Gasteiger partial charge in [-0.3, -0.25) is 0 Å². The summed E-state index contributed by atoms with van der Waals surface area (Å²) in [7, 11) is 2.25. The fraction of sp³-hybridized carbons (Fsp3) is 1.00. The molecule has 2 saturated heterocycles. The van der Waals surface area contributed by atoms with Gasteiger partial charge in [0.25, 0.3) is 0 Å². The van der Waals surface area contributed by atoms with Crippen molar-refractivity contribution in [3.63, 3.8) is 0 Å². The number of nitrogens with zero attached hydrogens (tertiary/aromatic N) is 1. The average molecular weight is 265 g/mol. The summed E-state index contributed by atoms with van der Waals surface area (Å²) in [5, 5.41) is 7.70. The summed E-state index contributed by atoms with van der Waals surface area (Å²) in [5.74, 6) is 1.80. The van der Waals surface area contributed by atoms with Crippen LogP contribution < -0.4 is 10.6 Å². The maximum atomic E-state index is 3.92. The van der Waals surface area contributed by atoms with Crippen LogP contribution in [0.5, 0.6) is 0 Å². The Bertz CT molecular complexity index is 275. The Morgan fingerprint density at radius 3 is 2.79 bits per heavy atom. The van der Waals surface area contributed by atoms with Crippen LogP contribution in [0.3, 0.4) is 0 Å². The van der Waals surface area contributed by atoms with Gasteiger partial charge in [0.1, 0.15) is 0 Å². The molecule has 1 saturated carbocycles. The molecule has 0 amide bonds. The number of likely N-dealkylation sites (tertiary alicyclic amines) is 1. The Morgan fingerprint density at radius 2 is 2.05 bits per heavy atom. The zero-order valence-corrected chi connectivity index (χ0v) is 12.5. The van der Waals surface area contributed by atoms with E-state index >= 15 is 0 Å². The van der Waals surface area contributed by atoms with E-state index < -0.39 is 0 Å². The highest BCUT2D eigenvalue weighted by molar-refractivity contribution is 4.92. The minimum absolute atomic E-state index is 0.793. The van der Waals surface area contributed by atoms with Gasteiger partial charge in [0.15, 0.2) is 0 Å². The summed E-state index contributed by atoms with van der Waals surface area (Å²) >= 11 is 0. The van der Waals surface area contributed by atoms with Crippen LogP contribution in [0.15, 0.2) is 0 Å². The van der Waals surface area contributed by atoms with Crippen molar-refractivity contribution in [2.75, 3.05) is 33.2 Å². The lowest BCUT2D eigenvalue weighted by molar-refractivity contribution is 0.251. The van der Waals surface area contributed by atoms with Gasteiger partial charge in [-0.15, -0.1) is 0 Å². The van der Waals surface area contributed by atoms with Gasteiger partial charge in [-0.1, -0.05) is 12.8 Å². The Hall–Kier alpha value is -0.120. The van der Waals surface area contributed by atoms with Gasteiger partial charge >= 0.3 is 0 Å². The quantitative estimate of drug-likeness (QED) is 0.812. The third-order valence-corrected chi connectivity index (χ3v) is 5.59. The second-order valence-electron chi connectivity index (χ2n) is 7.08. The van der Waals surface area contributed by atoms with E-state index in [4.69, 9.17) is 0 Å². The van der Waals surface area contributed by atoms with Crippen LogP contribution in [-0.4, -0.2) is 50.2 Å². The molecular weight excluding hydrogens is 234 g/mol. The first-order valence-electron chi connectivity index (χ1n) is 8.48. The van der Waals surface area contributed by atoms with Crippen molar-refractivity contribution in [2.24, 2.45) is 11.8 Å². The third kappa shape index (κ3) is 3.50. The molecule has 0 aromatic heterocycles. The number of hydrogen-bond donors (Lipinski definition) is 2. The molecule has 1 aliphatic carbocycles. The SMILES string of the molecule is CN1CCC(CNC2CCCC2C2CCCCN2)C1. The fourth-order valence-corrected chi connectivity index (χ4v) is 4.48. The van der Waals surface area contributed by atoms with E-state index in [-0.39, 0.29) is 0 Å². The van der Waals surface area contributed by atoms with Crippen molar-refractivity contribution in [3.8, 4) is 0 Å². The van der Waals surface area contributed by atoms with E-state index in [2.05, 4.69) is 22.6 Å². The van der Waals surface area contributed by atoms with Crippen molar-refractivity contribution in [1.29, 1.82) is 0 Å². The fourth-order valence-electron chi connectivity index (χ4n) is 4.48. The van der Waals surface area contributed by atoms with Crippen LogP contribution in [0.4, 0.5) is 0 Å². The van der Waals surface area contributed by atoms with Crippen LogP contribution in [-0.2, 0) is 0 Å². The summed E-state index contributed by atoms with van der Waals surface area (Å²) in [6, 6.07) is 1.60. The molecule has 4 atom stereocenters. The molecule has 0 aromatic rings. The monoisotopic (exact) mass is 265 g/mol. The van der Waals surface area contributed by atoms with E-state index in [1.54, 1.807) is 0 Å². The predicted octanol–water partition coefficient (Wildman–Crippen LogP) is 1.84. The maximum absolute atomic E-state index is 3.92. The van der Waals surface area contributed by atoms with Gasteiger partial charge in [0.05, 0.1) is 0 Å². The Balaban J connectivity index is 1.46. The Morgan fingerprint density at radius 1 is 1.11 bits per heavy atom. The first-order chi connectivity index (χ1) is 9.33. The highest BCUT2D eigenvalue weighted by Crippen LogP contribution is 2.32. The van der Waals surface area contributed by atoms with Crippen molar-refractivity contribution in [1.82, 2.24) is 15.5 Å². The van der Waals surface area contributed by atoms with Crippen molar-refractivity contribution < 1.29 is 0 Å². The highest BCUT2D eigenvalue weighted by atomic mass is 15.1. The lowest BCUT2D eigenvalue weighted by atomic mass is 9.88. The van der Waals surface area contributed by atoms with Crippen molar-refractivity contribution in [3.05, 3.63) is 0 Å². The molecule has 3 rings (SSSR count). The lowest BCUT2D eigenvalue weighted by Crippen LogP contribution is -2.47. The molecule has 4 unspecified atom stereocenters. The smallest absolute Gasteiger partial charge is 0.0110 e. The number of nitrogens with one attached hydrogen (secondary N) is 2. The highest BCUT2D eigenvalue weighted by Gasteiger charge is 2.34.